The van der Waals surface area contributed by atoms with Crippen LogP contribution in [0.5, 0.6) is 0 Å². The Labute approximate surface area is 95.6 Å². The van der Waals surface area contributed by atoms with E-state index in [1.165, 1.54) is 25.1 Å². The predicted molar refractivity (Wildman–Crippen MR) is 62.4 cm³/mol. The number of hydrogen-bond acceptors (Lipinski definition) is 2. The van der Waals surface area contributed by atoms with E-state index in [0.717, 1.165) is 24.4 Å². The molecule has 0 aliphatic heterocycles. The van der Waals surface area contributed by atoms with E-state index in [0.29, 0.717) is 6.54 Å². The Hall–Kier alpha value is -1.22. The summed E-state index contributed by atoms with van der Waals surface area (Å²) < 4.78 is 12.8. The van der Waals surface area contributed by atoms with Crippen molar-refractivity contribution >= 4 is 0 Å². The number of allylic oxidation sites excluding steroid dienone is 2. The summed E-state index contributed by atoms with van der Waals surface area (Å²) in [5, 5.41) is 3.36. The lowest BCUT2D eigenvalue weighted by Gasteiger charge is -2.18. The minimum absolute atomic E-state index is 0.264. The molecule has 0 spiro atoms. The number of rotatable bonds is 4. The van der Waals surface area contributed by atoms with E-state index in [1.807, 2.05) is 0 Å². The molecule has 1 atom stereocenters. The van der Waals surface area contributed by atoms with E-state index in [-0.39, 0.29) is 5.82 Å². The fourth-order valence-corrected chi connectivity index (χ4v) is 2.01. The molecule has 1 aliphatic rings. The van der Waals surface area contributed by atoms with Crippen LogP contribution in [0.15, 0.2) is 30.6 Å². The van der Waals surface area contributed by atoms with Crippen molar-refractivity contribution in [1.29, 1.82) is 0 Å². The molecule has 0 bridgehead atoms. The Morgan fingerprint density at radius 1 is 1.38 bits per heavy atom. The van der Waals surface area contributed by atoms with E-state index < -0.39 is 0 Å². The van der Waals surface area contributed by atoms with Gasteiger partial charge >= 0.3 is 0 Å². The highest BCUT2D eigenvalue weighted by molar-refractivity contribution is 5.09. The average Bonchev–Trinajstić information content (AvgIpc) is 2.30. The van der Waals surface area contributed by atoms with Crippen LogP contribution in [0, 0.1) is 11.7 Å². The number of halogens is 1. The normalized spacial score (nSPS) is 19.9. The van der Waals surface area contributed by atoms with Crippen molar-refractivity contribution in [2.75, 3.05) is 6.54 Å². The zero-order valence-corrected chi connectivity index (χ0v) is 9.32. The minimum Gasteiger partial charge on any atom is -0.312 e. The molecule has 1 heterocycles. The fourth-order valence-electron chi connectivity index (χ4n) is 2.01. The Balaban J connectivity index is 1.73. The van der Waals surface area contributed by atoms with Crippen molar-refractivity contribution < 1.29 is 4.39 Å². The van der Waals surface area contributed by atoms with Gasteiger partial charge in [-0.15, -0.1) is 0 Å². The van der Waals surface area contributed by atoms with Gasteiger partial charge in [0, 0.05) is 12.7 Å². The number of pyridine rings is 1. The number of nitrogens with one attached hydrogen (secondary N) is 1. The van der Waals surface area contributed by atoms with Gasteiger partial charge in [0.25, 0.3) is 0 Å². The number of nitrogens with zero attached hydrogens (tertiary/aromatic N) is 1. The Kier molecular flexibility index (Phi) is 4.05. The van der Waals surface area contributed by atoms with Crippen molar-refractivity contribution in [2.45, 2.75) is 25.8 Å². The molecule has 0 saturated carbocycles. The van der Waals surface area contributed by atoms with Crippen LogP contribution < -0.4 is 5.32 Å². The van der Waals surface area contributed by atoms with Crippen LogP contribution in [-0.4, -0.2) is 11.5 Å². The van der Waals surface area contributed by atoms with Gasteiger partial charge < -0.3 is 5.32 Å². The van der Waals surface area contributed by atoms with E-state index in [2.05, 4.69) is 22.5 Å². The molecule has 0 saturated heterocycles. The van der Waals surface area contributed by atoms with E-state index >= 15 is 0 Å². The summed E-state index contributed by atoms with van der Waals surface area (Å²) in [6.07, 6.45) is 11.0. The molecule has 0 amide bonds. The molecule has 0 radical (unpaired) electrons. The maximum Gasteiger partial charge on any atom is 0.141 e. The Morgan fingerprint density at radius 3 is 3.06 bits per heavy atom. The topological polar surface area (TPSA) is 24.9 Å². The first-order valence-electron chi connectivity index (χ1n) is 5.80. The second-order valence-corrected chi connectivity index (χ2v) is 4.29. The van der Waals surface area contributed by atoms with Gasteiger partial charge in [-0.3, -0.25) is 4.98 Å². The van der Waals surface area contributed by atoms with Crippen LogP contribution in [0.3, 0.4) is 0 Å². The zero-order chi connectivity index (χ0) is 11.2. The molecule has 2 rings (SSSR count). The Morgan fingerprint density at radius 2 is 2.31 bits per heavy atom. The Bertz CT molecular complexity index is 363. The van der Waals surface area contributed by atoms with Gasteiger partial charge in [0.05, 0.1) is 6.20 Å². The van der Waals surface area contributed by atoms with Crippen LogP contribution in [0.2, 0.25) is 0 Å². The van der Waals surface area contributed by atoms with Crippen LogP contribution in [0.25, 0.3) is 0 Å². The van der Waals surface area contributed by atoms with Crippen molar-refractivity contribution in [2.24, 2.45) is 5.92 Å². The summed E-state index contributed by atoms with van der Waals surface area (Å²) >= 11 is 0. The van der Waals surface area contributed by atoms with E-state index in [9.17, 15) is 4.39 Å². The number of hydrogen-bond donors (Lipinski definition) is 1. The summed E-state index contributed by atoms with van der Waals surface area (Å²) in [6, 6.07) is 1.53. The maximum absolute atomic E-state index is 12.8. The SMILES string of the molecule is Fc1cncc(CNCC2CC=CCC2)c1. The van der Waals surface area contributed by atoms with Gasteiger partial charge in [-0.1, -0.05) is 12.2 Å². The molecule has 86 valence electrons. The summed E-state index contributed by atoms with van der Waals surface area (Å²) in [6.45, 7) is 1.70. The molecule has 2 nitrogen and oxygen atoms in total. The fraction of sp³-hybridized carbons (Fsp3) is 0.462. The van der Waals surface area contributed by atoms with Gasteiger partial charge in [-0.2, -0.15) is 0 Å². The summed E-state index contributed by atoms with van der Waals surface area (Å²) in [5.41, 5.74) is 0.909. The zero-order valence-electron chi connectivity index (χ0n) is 9.32. The third kappa shape index (κ3) is 3.42. The molecular weight excluding hydrogens is 203 g/mol. The van der Waals surface area contributed by atoms with Gasteiger partial charge in [-0.05, 0) is 43.4 Å². The summed E-state index contributed by atoms with van der Waals surface area (Å²) in [7, 11) is 0. The first-order chi connectivity index (χ1) is 7.84. The van der Waals surface area contributed by atoms with Crippen molar-refractivity contribution in [1.82, 2.24) is 10.3 Å². The lowest BCUT2D eigenvalue weighted by Crippen LogP contribution is -2.23. The van der Waals surface area contributed by atoms with Crippen LogP contribution in [-0.2, 0) is 6.54 Å². The molecule has 1 aromatic heterocycles. The number of aromatic nitrogens is 1. The highest BCUT2D eigenvalue weighted by atomic mass is 19.1. The largest absolute Gasteiger partial charge is 0.312 e. The highest BCUT2D eigenvalue weighted by Gasteiger charge is 2.08. The van der Waals surface area contributed by atoms with E-state index in [4.69, 9.17) is 0 Å². The second-order valence-electron chi connectivity index (χ2n) is 4.29. The molecule has 3 heteroatoms. The van der Waals surface area contributed by atoms with Crippen LogP contribution in [0.4, 0.5) is 4.39 Å². The quantitative estimate of drug-likeness (QED) is 0.789. The highest BCUT2D eigenvalue weighted by Crippen LogP contribution is 2.16. The monoisotopic (exact) mass is 220 g/mol. The molecular formula is C13H17FN2. The van der Waals surface area contributed by atoms with Crippen LogP contribution >= 0.6 is 0 Å². The standard InChI is InChI=1S/C13H17FN2/c14-13-6-12(9-16-10-13)8-15-7-11-4-2-1-3-5-11/h1-2,6,9-11,15H,3-5,7-8H2. The molecule has 1 N–H and O–H groups in total. The lowest BCUT2D eigenvalue weighted by molar-refractivity contribution is 0.440. The molecule has 16 heavy (non-hydrogen) atoms. The second kappa shape index (κ2) is 5.75. The molecule has 0 fully saturated rings. The molecule has 1 aromatic rings. The van der Waals surface area contributed by atoms with Gasteiger partial charge in [0.15, 0.2) is 0 Å². The average molecular weight is 220 g/mol. The van der Waals surface area contributed by atoms with Crippen molar-refractivity contribution in [3.63, 3.8) is 0 Å². The van der Waals surface area contributed by atoms with Crippen molar-refractivity contribution in [3.05, 3.63) is 42.0 Å². The third-order valence-corrected chi connectivity index (χ3v) is 2.90. The van der Waals surface area contributed by atoms with Gasteiger partial charge in [0.2, 0.25) is 0 Å². The van der Waals surface area contributed by atoms with E-state index in [1.54, 1.807) is 6.20 Å². The third-order valence-electron chi connectivity index (χ3n) is 2.90. The molecule has 1 unspecified atom stereocenters. The first kappa shape index (κ1) is 11.3. The van der Waals surface area contributed by atoms with Gasteiger partial charge in [-0.25, -0.2) is 4.39 Å². The smallest absolute Gasteiger partial charge is 0.141 e. The van der Waals surface area contributed by atoms with Gasteiger partial charge in [0.1, 0.15) is 5.82 Å². The molecule has 0 aromatic carbocycles. The maximum atomic E-state index is 12.8. The lowest BCUT2D eigenvalue weighted by atomic mass is 9.94. The van der Waals surface area contributed by atoms with Crippen molar-refractivity contribution in [3.8, 4) is 0 Å². The predicted octanol–water partition coefficient (Wildman–Crippen LogP) is 2.67. The summed E-state index contributed by atoms with van der Waals surface area (Å²) in [4.78, 5) is 3.82. The first-order valence-corrected chi connectivity index (χ1v) is 5.80. The van der Waals surface area contributed by atoms with Crippen LogP contribution in [0.1, 0.15) is 24.8 Å². The summed E-state index contributed by atoms with van der Waals surface area (Å²) in [5.74, 6) is 0.464. The minimum atomic E-state index is -0.264. The molecule has 1 aliphatic carbocycles.